The van der Waals surface area contributed by atoms with E-state index < -0.39 is 0 Å². The van der Waals surface area contributed by atoms with E-state index in [0.29, 0.717) is 12.5 Å². The third-order valence-corrected chi connectivity index (χ3v) is 4.64. The summed E-state index contributed by atoms with van der Waals surface area (Å²) in [5.74, 6) is 0.683. The number of hydrogen-bond acceptors (Lipinski definition) is 4. The first-order chi connectivity index (χ1) is 13.0. The molecule has 0 radical (unpaired) electrons. The maximum Gasteiger partial charge on any atom is 0.241 e. The number of hydrogen-bond donors (Lipinski definition) is 2. The molecular weight excluding hydrogens is 342 g/mol. The molecule has 2 N–H and O–H groups in total. The second-order valence-corrected chi connectivity index (χ2v) is 7.12. The lowest BCUT2D eigenvalue weighted by molar-refractivity contribution is -0.127. The second-order valence-electron chi connectivity index (χ2n) is 7.12. The minimum Gasteiger partial charge on any atom is -0.379 e. The van der Waals surface area contributed by atoms with Gasteiger partial charge in [0.15, 0.2) is 5.96 Å². The Hall–Kier alpha value is -2.12. The molecule has 0 atom stereocenters. The van der Waals surface area contributed by atoms with Gasteiger partial charge in [-0.1, -0.05) is 23.8 Å². The number of aliphatic imine (C=N–C) groups is 1. The van der Waals surface area contributed by atoms with Crippen LogP contribution in [0.1, 0.15) is 16.7 Å². The van der Waals surface area contributed by atoms with E-state index in [1.165, 1.54) is 16.7 Å². The highest BCUT2D eigenvalue weighted by atomic mass is 16.5. The third-order valence-electron chi connectivity index (χ3n) is 4.64. The lowest BCUT2D eigenvalue weighted by Crippen LogP contribution is -2.46. The molecule has 1 heterocycles. The lowest BCUT2D eigenvalue weighted by Gasteiger charge is -2.26. The second kappa shape index (κ2) is 10.9. The molecule has 1 aromatic rings. The molecule has 0 unspecified atom stereocenters. The average molecular weight is 376 g/mol. The molecule has 1 aromatic carbocycles. The van der Waals surface area contributed by atoms with Gasteiger partial charge >= 0.3 is 0 Å². The number of benzene rings is 1. The third kappa shape index (κ3) is 7.56. The quantitative estimate of drug-likeness (QED) is 0.544. The number of rotatable bonds is 7. The van der Waals surface area contributed by atoms with Crippen LogP contribution in [0, 0.1) is 13.8 Å². The molecule has 1 aliphatic heterocycles. The highest BCUT2D eigenvalue weighted by Crippen LogP contribution is 2.11. The molecule has 1 aliphatic rings. The van der Waals surface area contributed by atoms with Crippen molar-refractivity contribution in [2.75, 3.05) is 60.0 Å². The number of likely N-dealkylation sites (N-methyl/N-ethyl adjacent to an activating group) is 1. The van der Waals surface area contributed by atoms with E-state index in [0.717, 1.165) is 39.4 Å². The van der Waals surface area contributed by atoms with Gasteiger partial charge in [-0.2, -0.15) is 0 Å². The number of carbonyl (C=O) groups is 1. The minimum atomic E-state index is 0.0178. The smallest absolute Gasteiger partial charge is 0.241 e. The van der Waals surface area contributed by atoms with Crippen LogP contribution in [0.3, 0.4) is 0 Å². The molecule has 1 fully saturated rings. The Morgan fingerprint density at radius 3 is 2.63 bits per heavy atom. The molecule has 1 amide bonds. The number of nitrogens with one attached hydrogen (secondary N) is 2. The van der Waals surface area contributed by atoms with Crippen LogP contribution in [0.25, 0.3) is 0 Å². The number of ether oxygens (including phenoxy) is 1. The van der Waals surface area contributed by atoms with Crippen LogP contribution in [-0.2, 0) is 16.1 Å². The number of guanidine groups is 1. The van der Waals surface area contributed by atoms with Gasteiger partial charge in [0.1, 0.15) is 0 Å². The zero-order chi connectivity index (χ0) is 19.6. The first kappa shape index (κ1) is 21.2. The largest absolute Gasteiger partial charge is 0.379 e. The van der Waals surface area contributed by atoms with Crippen molar-refractivity contribution in [2.24, 2.45) is 4.99 Å². The maximum absolute atomic E-state index is 11.9. The summed E-state index contributed by atoms with van der Waals surface area (Å²) in [6.07, 6.45) is 0. The normalized spacial score (nSPS) is 15.5. The van der Waals surface area contributed by atoms with Crippen molar-refractivity contribution in [3.8, 4) is 0 Å². The lowest BCUT2D eigenvalue weighted by atomic mass is 10.1. The minimum absolute atomic E-state index is 0.0178. The van der Waals surface area contributed by atoms with Gasteiger partial charge in [0.05, 0.1) is 26.3 Å². The summed E-state index contributed by atoms with van der Waals surface area (Å²) in [5, 5.41) is 6.49. The van der Waals surface area contributed by atoms with Crippen molar-refractivity contribution >= 4 is 11.9 Å². The Kier molecular flexibility index (Phi) is 8.54. The van der Waals surface area contributed by atoms with Crippen molar-refractivity contribution < 1.29 is 9.53 Å². The van der Waals surface area contributed by atoms with Crippen LogP contribution in [0.15, 0.2) is 23.2 Å². The molecule has 27 heavy (non-hydrogen) atoms. The van der Waals surface area contributed by atoms with Crippen LogP contribution in [0.5, 0.6) is 0 Å². The molecule has 7 nitrogen and oxygen atoms in total. The number of nitrogens with zero attached hydrogens (tertiary/aromatic N) is 3. The van der Waals surface area contributed by atoms with Crippen LogP contribution in [-0.4, -0.2) is 81.7 Å². The summed E-state index contributed by atoms with van der Waals surface area (Å²) in [6.45, 7) is 10.2. The number of carbonyl (C=O) groups excluding carboxylic acids is 1. The maximum atomic E-state index is 11.9. The van der Waals surface area contributed by atoms with E-state index in [2.05, 4.69) is 52.6 Å². The molecule has 7 heteroatoms. The highest BCUT2D eigenvalue weighted by Gasteiger charge is 2.11. The Morgan fingerprint density at radius 2 is 1.96 bits per heavy atom. The number of aryl methyl sites for hydroxylation is 2. The highest BCUT2D eigenvalue weighted by molar-refractivity contribution is 5.86. The first-order valence-electron chi connectivity index (χ1n) is 9.54. The summed E-state index contributed by atoms with van der Waals surface area (Å²) in [6, 6.07) is 6.39. The van der Waals surface area contributed by atoms with E-state index in [1.54, 1.807) is 19.0 Å². The summed E-state index contributed by atoms with van der Waals surface area (Å²) in [7, 11) is 3.50. The van der Waals surface area contributed by atoms with E-state index in [-0.39, 0.29) is 12.5 Å². The fourth-order valence-electron chi connectivity index (χ4n) is 2.84. The molecule has 0 aromatic heterocycles. The molecule has 0 bridgehead atoms. The standard InChI is InChI=1S/C20H33N5O2/c1-16-5-6-18(17(2)13-16)14-22-20(23-15-19(26)24(3)4)21-7-8-25-9-11-27-12-10-25/h5-6,13H,7-12,14-15H2,1-4H3,(H2,21,22,23). The van der Waals surface area contributed by atoms with E-state index >= 15 is 0 Å². The Morgan fingerprint density at radius 1 is 1.22 bits per heavy atom. The molecule has 0 saturated carbocycles. The van der Waals surface area contributed by atoms with Crippen LogP contribution in [0.4, 0.5) is 0 Å². The van der Waals surface area contributed by atoms with Gasteiger partial charge in [-0.25, -0.2) is 4.99 Å². The van der Waals surface area contributed by atoms with Crippen molar-refractivity contribution in [1.29, 1.82) is 0 Å². The van der Waals surface area contributed by atoms with Gasteiger partial charge in [-0.3, -0.25) is 9.69 Å². The number of amides is 1. The van der Waals surface area contributed by atoms with Crippen molar-refractivity contribution in [1.82, 2.24) is 20.4 Å². The fraction of sp³-hybridized carbons (Fsp3) is 0.600. The summed E-state index contributed by atoms with van der Waals surface area (Å²) in [5.41, 5.74) is 3.67. The van der Waals surface area contributed by atoms with E-state index in [9.17, 15) is 4.79 Å². The predicted octanol–water partition coefficient (Wildman–Crippen LogP) is 0.759. The van der Waals surface area contributed by atoms with E-state index in [1.807, 2.05) is 0 Å². The van der Waals surface area contributed by atoms with Crippen molar-refractivity contribution in [3.63, 3.8) is 0 Å². The fourth-order valence-corrected chi connectivity index (χ4v) is 2.84. The van der Waals surface area contributed by atoms with Crippen LogP contribution in [0.2, 0.25) is 0 Å². The SMILES string of the molecule is Cc1ccc(CN=C(NCCN2CCOCC2)NCC(=O)N(C)C)c(C)c1. The molecule has 1 saturated heterocycles. The Bertz CT molecular complexity index is 639. The monoisotopic (exact) mass is 375 g/mol. The summed E-state index contributed by atoms with van der Waals surface area (Å²) >= 11 is 0. The van der Waals surface area contributed by atoms with Crippen LogP contribution >= 0.6 is 0 Å². The summed E-state index contributed by atoms with van der Waals surface area (Å²) < 4.78 is 5.38. The van der Waals surface area contributed by atoms with Gasteiger partial charge in [0.2, 0.25) is 5.91 Å². The molecular formula is C20H33N5O2. The summed E-state index contributed by atoms with van der Waals surface area (Å²) in [4.78, 5) is 20.5. The number of morpholine rings is 1. The Labute approximate surface area is 162 Å². The Balaban J connectivity index is 1.93. The van der Waals surface area contributed by atoms with Gasteiger partial charge in [-0.05, 0) is 25.0 Å². The van der Waals surface area contributed by atoms with Gasteiger partial charge in [-0.15, -0.1) is 0 Å². The molecule has 0 aliphatic carbocycles. The topological polar surface area (TPSA) is 69.2 Å². The first-order valence-corrected chi connectivity index (χ1v) is 9.54. The van der Waals surface area contributed by atoms with Gasteiger partial charge < -0.3 is 20.3 Å². The van der Waals surface area contributed by atoms with Crippen molar-refractivity contribution in [3.05, 3.63) is 34.9 Å². The van der Waals surface area contributed by atoms with Gasteiger partial charge in [0, 0.05) is 40.3 Å². The molecule has 0 spiro atoms. The van der Waals surface area contributed by atoms with Gasteiger partial charge in [0.25, 0.3) is 0 Å². The predicted molar refractivity (Wildman–Crippen MR) is 109 cm³/mol. The average Bonchev–Trinajstić information content (AvgIpc) is 2.65. The zero-order valence-electron chi connectivity index (χ0n) is 17.0. The van der Waals surface area contributed by atoms with E-state index in [4.69, 9.17) is 4.74 Å². The molecule has 2 rings (SSSR count). The van der Waals surface area contributed by atoms with Crippen LogP contribution < -0.4 is 10.6 Å². The molecule has 150 valence electrons. The zero-order valence-corrected chi connectivity index (χ0v) is 17.0. The van der Waals surface area contributed by atoms with Crippen molar-refractivity contribution in [2.45, 2.75) is 20.4 Å².